The number of thiophene rings is 1. The lowest BCUT2D eigenvalue weighted by Crippen LogP contribution is -2.40. The molecule has 0 aliphatic rings. The quantitative estimate of drug-likeness (QED) is 0.280. The minimum absolute atomic E-state index is 0.0180. The third-order valence-corrected chi connectivity index (χ3v) is 6.95. The van der Waals surface area contributed by atoms with Crippen molar-refractivity contribution in [2.75, 3.05) is 0 Å². The molecule has 5 aromatic rings. The monoisotopic (exact) mass is 497 g/mol. The Balaban J connectivity index is 1.43. The summed E-state index contributed by atoms with van der Waals surface area (Å²) in [6.07, 6.45) is 1.63. The molecule has 0 aliphatic heterocycles. The van der Waals surface area contributed by atoms with Crippen LogP contribution in [0.25, 0.3) is 10.9 Å². The van der Waals surface area contributed by atoms with Crippen LogP contribution in [0, 0.1) is 6.92 Å². The number of carbonyl (C=O) groups is 1. The standard InChI is InChI=1S/C29H27N3O3S/c1-20-5-2-6-23(15-20)28(30-17-21-9-11-26-22(16-21)10-12-27(33)31-26)29(34)32(18-24-7-3-13-35-24)19-25-8-4-14-36-25/h2-16,28,30H,17-19H2,1H3,(H,31,33). The maximum atomic E-state index is 14.1. The average Bonchev–Trinajstić information content (AvgIpc) is 3.58. The van der Waals surface area contributed by atoms with Crippen LogP contribution in [0.4, 0.5) is 0 Å². The van der Waals surface area contributed by atoms with Crippen LogP contribution in [-0.4, -0.2) is 15.8 Å². The van der Waals surface area contributed by atoms with Crippen molar-refractivity contribution in [1.82, 2.24) is 15.2 Å². The van der Waals surface area contributed by atoms with Gasteiger partial charge in [0.15, 0.2) is 0 Å². The summed E-state index contributed by atoms with van der Waals surface area (Å²) < 4.78 is 5.58. The highest BCUT2D eigenvalue weighted by atomic mass is 32.1. The van der Waals surface area contributed by atoms with Gasteiger partial charge in [-0.25, -0.2) is 0 Å². The molecule has 1 atom stereocenters. The summed E-state index contributed by atoms with van der Waals surface area (Å²) in [4.78, 5) is 31.5. The molecule has 0 spiro atoms. The van der Waals surface area contributed by atoms with Crippen molar-refractivity contribution in [2.45, 2.75) is 32.6 Å². The number of nitrogens with one attached hydrogen (secondary N) is 2. The van der Waals surface area contributed by atoms with Gasteiger partial charge in [-0.1, -0.05) is 42.0 Å². The molecule has 0 fully saturated rings. The molecule has 0 bridgehead atoms. The van der Waals surface area contributed by atoms with Gasteiger partial charge in [0.2, 0.25) is 11.5 Å². The second kappa shape index (κ2) is 10.8. The number of furan rings is 1. The van der Waals surface area contributed by atoms with Crippen molar-refractivity contribution >= 4 is 28.1 Å². The number of pyridine rings is 1. The van der Waals surface area contributed by atoms with Gasteiger partial charge in [-0.15, -0.1) is 11.3 Å². The fraction of sp³-hybridized carbons (Fsp3) is 0.172. The molecule has 7 heteroatoms. The third kappa shape index (κ3) is 5.64. The number of carbonyl (C=O) groups excluding carboxylic acids is 1. The minimum Gasteiger partial charge on any atom is -0.467 e. The molecule has 5 rings (SSSR count). The number of aryl methyl sites for hydroxylation is 1. The molecular formula is C29H27N3O3S. The fourth-order valence-electron chi connectivity index (χ4n) is 4.31. The van der Waals surface area contributed by atoms with Gasteiger partial charge >= 0.3 is 0 Å². The molecule has 1 unspecified atom stereocenters. The van der Waals surface area contributed by atoms with E-state index in [2.05, 4.69) is 16.4 Å². The number of hydrogen-bond donors (Lipinski definition) is 2. The van der Waals surface area contributed by atoms with Crippen molar-refractivity contribution < 1.29 is 9.21 Å². The molecule has 6 nitrogen and oxygen atoms in total. The summed E-state index contributed by atoms with van der Waals surface area (Å²) in [5.41, 5.74) is 3.70. The Morgan fingerprint density at radius 3 is 2.72 bits per heavy atom. The second-order valence-corrected chi connectivity index (χ2v) is 9.86. The van der Waals surface area contributed by atoms with Crippen LogP contribution >= 0.6 is 11.3 Å². The molecule has 182 valence electrons. The number of nitrogens with zero attached hydrogens (tertiary/aromatic N) is 1. The Morgan fingerprint density at radius 2 is 1.94 bits per heavy atom. The third-order valence-electron chi connectivity index (χ3n) is 6.09. The normalized spacial score (nSPS) is 12.0. The van der Waals surface area contributed by atoms with Crippen LogP contribution in [0.2, 0.25) is 0 Å². The number of aromatic nitrogens is 1. The lowest BCUT2D eigenvalue weighted by molar-refractivity contribution is -0.135. The van der Waals surface area contributed by atoms with Crippen LogP contribution in [0.1, 0.15) is 33.4 Å². The zero-order chi connectivity index (χ0) is 24.9. The topological polar surface area (TPSA) is 78.3 Å². The van der Waals surface area contributed by atoms with Gasteiger partial charge in [0.25, 0.3) is 0 Å². The van der Waals surface area contributed by atoms with E-state index < -0.39 is 6.04 Å². The predicted octanol–water partition coefficient (Wildman–Crippen LogP) is 5.55. The van der Waals surface area contributed by atoms with Gasteiger partial charge < -0.3 is 14.3 Å². The van der Waals surface area contributed by atoms with Crippen LogP contribution < -0.4 is 10.9 Å². The van der Waals surface area contributed by atoms with Crippen LogP contribution in [0.5, 0.6) is 0 Å². The summed E-state index contributed by atoms with van der Waals surface area (Å²) >= 11 is 1.63. The van der Waals surface area contributed by atoms with Gasteiger partial charge in [-0.3, -0.25) is 14.9 Å². The van der Waals surface area contributed by atoms with E-state index in [4.69, 9.17) is 4.42 Å². The molecule has 2 aromatic carbocycles. The van der Waals surface area contributed by atoms with E-state index in [-0.39, 0.29) is 11.5 Å². The number of rotatable bonds is 9. The van der Waals surface area contributed by atoms with Gasteiger partial charge in [0.05, 0.1) is 19.4 Å². The molecule has 1 amide bonds. The maximum Gasteiger partial charge on any atom is 0.248 e. The predicted molar refractivity (Wildman–Crippen MR) is 143 cm³/mol. The SMILES string of the molecule is Cc1cccc(C(NCc2ccc3[nH]c(=O)ccc3c2)C(=O)N(Cc2ccco2)Cc2cccs2)c1. The Morgan fingerprint density at radius 1 is 1.03 bits per heavy atom. The Bertz CT molecular complexity index is 1470. The zero-order valence-electron chi connectivity index (χ0n) is 19.9. The minimum atomic E-state index is -0.536. The van der Waals surface area contributed by atoms with E-state index in [1.54, 1.807) is 17.6 Å². The summed E-state index contributed by atoms with van der Waals surface area (Å²) in [7, 11) is 0. The molecule has 3 heterocycles. The number of amides is 1. The van der Waals surface area contributed by atoms with E-state index in [9.17, 15) is 9.59 Å². The van der Waals surface area contributed by atoms with E-state index in [1.165, 1.54) is 6.07 Å². The van der Waals surface area contributed by atoms with E-state index in [1.807, 2.05) is 83.9 Å². The number of aromatic amines is 1. The highest BCUT2D eigenvalue weighted by molar-refractivity contribution is 7.09. The summed E-state index contributed by atoms with van der Waals surface area (Å²) in [5, 5.41) is 6.48. The van der Waals surface area contributed by atoms with Crippen molar-refractivity contribution in [3.8, 4) is 0 Å². The second-order valence-electron chi connectivity index (χ2n) is 8.83. The number of hydrogen-bond acceptors (Lipinski definition) is 5. The average molecular weight is 498 g/mol. The largest absolute Gasteiger partial charge is 0.467 e. The first-order valence-electron chi connectivity index (χ1n) is 11.8. The molecular weight excluding hydrogens is 470 g/mol. The molecule has 2 N–H and O–H groups in total. The lowest BCUT2D eigenvalue weighted by atomic mass is 10.0. The summed E-state index contributed by atoms with van der Waals surface area (Å²) in [6, 6.07) is 24.5. The highest BCUT2D eigenvalue weighted by Gasteiger charge is 2.27. The van der Waals surface area contributed by atoms with E-state index in [0.717, 1.165) is 38.2 Å². The Kier molecular flexibility index (Phi) is 7.11. The van der Waals surface area contributed by atoms with Gasteiger partial charge in [-0.05, 0) is 65.2 Å². The van der Waals surface area contributed by atoms with Gasteiger partial charge in [0, 0.05) is 23.0 Å². The molecule has 0 saturated heterocycles. The smallest absolute Gasteiger partial charge is 0.248 e. The van der Waals surface area contributed by atoms with Gasteiger partial charge in [0.1, 0.15) is 11.8 Å². The Hall–Kier alpha value is -3.94. The van der Waals surface area contributed by atoms with Crippen LogP contribution in [0.15, 0.2) is 99.7 Å². The van der Waals surface area contributed by atoms with Crippen LogP contribution in [-0.2, 0) is 24.4 Å². The fourth-order valence-corrected chi connectivity index (χ4v) is 5.03. The highest BCUT2D eigenvalue weighted by Crippen LogP contribution is 2.23. The molecule has 36 heavy (non-hydrogen) atoms. The Labute approximate surface area is 213 Å². The van der Waals surface area contributed by atoms with Crippen molar-refractivity contribution in [3.05, 3.63) is 128 Å². The van der Waals surface area contributed by atoms with Crippen LogP contribution in [0.3, 0.4) is 0 Å². The summed E-state index contributed by atoms with van der Waals surface area (Å²) in [5.74, 6) is 0.724. The first kappa shape index (κ1) is 23.8. The van der Waals surface area contributed by atoms with Crippen molar-refractivity contribution in [2.24, 2.45) is 0 Å². The maximum absolute atomic E-state index is 14.1. The number of benzene rings is 2. The number of fused-ring (bicyclic) bond motifs is 1. The van der Waals surface area contributed by atoms with E-state index >= 15 is 0 Å². The molecule has 0 aliphatic carbocycles. The lowest BCUT2D eigenvalue weighted by Gasteiger charge is -2.28. The molecule has 0 radical (unpaired) electrons. The van der Waals surface area contributed by atoms with E-state index in [0.29, 0.717) is 19.6 Å². The number of H-pyrrole nitrogens is 1. The molecule has 0 saturated carbocycles. The first-order valence-corrected chi connectivity index (χ1v) is 12.7. The van der Waals surface area contributed by atoms with Crippen molar-refractivity contribution in [3.63, 3.8) is 0 Å². The zero-order valence-corrected chi connectivity index (χ0v) is 20.8. The summed E-state index contributed by atoms with van der Waals surface area (Å²) in [6.45, 7) is 3.41. The van der Waals surface area contributed by atoms with Gasteiger partial charge in [-0.2, -0.15) is 0 Å². The molecule has 3 aromatic heterocycles. The van der Waals surface area contributed by atoms with Crippen molar-refractivity contribution in [1.29, 1.82) is 0 Å². The first-order chi connectivity index (χ1) is 17.5.